The largest absolute Gasteiger partial charge is 0.497 e. The smallest absolute Gasteiger partial charge is 0.255 e. The highest BCUT2D eigenvalue weighted by molar-refractivity contribution is 9.10. The molecule has 0 saturated carbocycles. The van der Waals surface area contributed by atoms with Crippen molar-refractivity contribution in [3.8, 4) is 5.75 Å². The molecule has 0 heterocycles. The fraction of sp³-hybridized carbons (Fsp3) is 0.188. The number of hydrogen-bond acceptors (Lipinski definition) is 2. The van der Waals surface area contributed by atoms with Crippen LogP contribution in [0.4, 0.5) is 5.69 Å². The van der Waals surface area contributed by atoms with E-state index in [-0.39, 0.29) is 5.91 Å². The Kier molecular flexibility index (Phi) is 4.45. The van der Waals surface area contributed by atoms with E-state index in [0.717, 1.165) is 27.0 Å². The fourth-order valence-electron chi connectivity index (χ4n) is 2.00. The van der Waals surface area contributed by atoms with Crippen molar-refractivity contribution in [1.82, 2.24) is 0 Å². The van der Waals surface area contributed by atoms with Gasteiger partial charge in [0.15, 0.2) is 0 Å². The molecule has 4 heteroatoms. The molecule has 0 atom stereocenters. The van der Waals surface area contributed by atoms with Crippen molar-refractivity contribution >= 4 is 27.5 Å². The Balaban J connectivity index is 2.23. The number of aryl methyl sites for hydroxylation is 2. The van der Waals surface area contributed by atoms with Crippen LogP contribution >= 0.6 is 15.9 Å². The van der Waals surface area contributed by atoms with E-state index in [9.17, 15) is 4.79 Å². The van der Waals surface area contributed by atoms with Gasteiger partial charge in [-0.1, -0.05) is 6.07 Å². The lowest BCUT2D eigenvalue weighted by molar-refractivity contribution is 0.102. The first kappa shape index (κ1) is 14.6. The van der Waals surface area contributed by atoms with Crippen LogP contribution in [0.5, 0.6) is 5.75 Å². The van der Waals surface area contributed by atoms with Gasteiger partial charge in [0.2, 0.25) is 0 Å². The molecule has 1 amide bonds. The second-order valence-electron chi connectivity index (χ2n) is 4.62. The summed E-state index contributed by atoms with van der Waals surface area (Å²) in [5, 5.41) is 2.93. The summed E-state index contributed by atoms with van der Waals surface area (Å²) in [4.78, 5) is 12.2. The van der Waals surface area contributed by atoms with Gasteiger partial charge in [-0.2, -0.15) is 0 Å². The van der Waals surface area contributed by atoms with Gasteiger partial charge in [-0.3, -0.25) is 4.79 Å². The van der Waals surface area contributed by atoms with Crippen LogP contribution in [-0.4, -0.2) is 13.0 Å². The van der Waals surface area contributed by atoms with E-state index in [1.807, 2.05) is 26.0 Å². The van der Waals surface area contributed by atoms with Crippen molar-refractivity contribution in [2.24, 2.45) is 0 Å². The molecule has 0 aliphatic rings. The third-order valence-corrected chi connectivity index (χ3v) is 3.65. The van der Waals surface area contributed by atoms with Crippen LogP contribution in [0.3, 0.4) is 0 Å². The average Bonchev–Trinajstić information content (AvgIpc) is 2.42. The molecule has 0 aromatic heterocycles. The normalized spacial score (nSPS) is 10.2. The molecule has 0 bridgehead atoms. The van der Waals surface area contributed by atoms with Crippen LogP contribution in [0.25, 0.3) is 0 Å². The van der Waals surface area contributed by atoms with Gasteiger partial charge >= 0.3 is 0 Å². The minimum absolute atomic E-state index is 0.139. The monoisotopic (exact) mass is 333 g/mol. The summed E-state index contributed by atoms with van der Waals surface area (Å²) in [6.45, 7) is 3.99. The van der Waals surface area contributed by atoms with Crippen molar-refractivity contribution in [1.29, 1.82) is 0 Å². The highest BCUT2D eigenvalue weighted by Gasteiger charge is 2.11. The third kappa shape index (κ3) is 3.20. The van der Waals surface area contributed by atoms with Gasteiger partial charge in [0.05, 0.1) is 12.8 Å². The van der Waals surface area contributed by atoms with E-state index in [1.54, 1.807) is 31.4 Å². The maximum Gasteiger partial charge on any atom is 0.255 e. The Hall–Kier alpha value is -1.81. The molecule has 0 unspecified atom stereocenters. The van der Waals surface area contributed by atoms with Gasteiger partial charge in [0.25, 0.3) is 5.91 Å². The fourth-order valence-corrected chi connectivity index (χ4v) is 2.78. The number of carbonyl (C=O) groups is 1. The van der Waals surface area contributed by atoms with Gasteiger partial charge in [-0.15, -0.1) is 0 Å². The Bertz CT molecular complexity index is 612. The number of carbonyl (C=O) groups excluding carboxylic acids is 1. The van der Waals surface area contributed by atoms with Gasteiger partial charge < -0.3 is 10.1 Å². The minimum Gasteiger partial charge on any atom is -0.497 e. The van der Waals surface area contributed by atoms with Crippen LogP contribution in [-0.2, 0) is 0 Å². The van der Waals surface area contributed by atoms with Crippen LogP contribution in [0.2, 0.25) is 0 Å². The summed E-state index contributed by atoms with van der Waals surface area (Å²) in [6, 6.07) is 11.0. The average molecular weight is 334 g/mol. The molecule has 2 rings (SSSR count). The van der Waals surface area contributed by atoms with Crippen molar-refractivity contribution < 1.29 is 9.53 Å². The lowest BCUT2D eigenvalue weighted by Gasteiger charge is -2.12. The molecule has 104 valence electrons. The molecule has 0 saturated heterocycles. The molecule has 0 aliphatic carbocycles. The Labute approximate surface area is 127 Å². The van der Waals surface area contributed by atoms with Crippen molar-refractivity contribution in [3.05, 3.63) is 57.6 Å². The van der Waals surface area contributed by atoms with E-state index in [2.05, 4.69) is 21.2 Å². The number of methoxy groups -OCH3 is 1. The zero-order chi connectivity index (χ0) is 14.7. The standard InChI is InChI=1S/C16H16BrNO2/c1-10-8-11(2)15(14(17)9-10)18-16(19)12-4-6-13(20-3)7-5-12/h4-9H,1-3H3,(H,18,19). The third-order valence-electron chi connectivity index (χ3n) is 3.02. The minimum atomic E-state index is -0.139. The van der Waals surface area contributed by atoms with Crippen LogP contribution in [0.15, 0.2) is 40.9 Å². The zero-order valence-electron chi connectivity index (χ0n) is 11.7. The summed E-state index contributed by atoms with van der Waals surface area (Å²) < 4.78 is 5.97. The summed E-state index contributed by atoms with van der Waals surface area (Å²) >= 11 is 3.49. The number of benzene rings is 2. The predicted octanol–water partition coefficient (Wildman–Crippen LogP) is 4.33. The first-order valence-electron chi connectivity index (χ1n) is 6.23. The number of ether oxygens (including phenoxy) is 1. The van der Waals surface area contributed by atoms with E-state index < -0.39 is 0 Å². The quantitative estimate of drug-likeness (QED) is 0.907. The summed E-state index contributed by atoms with van der Waals surface area (Å²) in [6.07, 6.45) is 0. The predicted molar refractivity (Wildman–Crippen MR) is 84.6 cm³/mol. The molecular weight excluding hydrogens is 318 g/mol. The zero-order valence-corrected chi connectivity index (χ0v) is 13.2. The molecule has 3 nitrogen and oxygen atoms in total. The number of halogens is 1. The molecular formula is C16H16BrNO2. The lowest BCUT2D eigenvalue weighted by Crippen LogP contribution is -2.13. The number of hydrogen-bond donors (Lipinski definition) is 1. The number of amides is 1. The topological polar surface area (TPSA) is 38.3 Å². The Morgan fingerprint density at radius 2 is 1.80 bits per heavy atom. The number of anilines is 1. The molecule has 2 aromatic carbocycles. The van der Waals surface area contributed by atoms with Gasteiger partial charge in [-0.25, -0.2) is 0 Å². The van der Waals surface area contributed by atoms with Gasteiger partial charge in [-0.05, 0) is 71.2 Å². The maximum absolute atomic E-state index is 12.2. The maximum atomic E-state index is 12.2. The van der Waals surface area contributed by atoms with Gasteiger partial charge in [0.1, 0.15) is 5.75 Å². The number of nitrogens with one attached hydrogen (secondary N) is 1. The second-order valence-corrected chi connectivity index (χ2v) is 5.48. The second kappa shape index (κ2) is 6.09. The molecule has 0 spiro atoms. The molecule has 0 radical (unpaired) electrons. The first-order chi connectivity index (χ1) is 9.51. The summed E-state index contributed by atoms with van der Waals surface area (Å²) in [5.41, 5.74) is 3.57. The SMILES string of the molecule is COc1ccc(C(=O)Nc2c(C)cc(C)cc2Br)cc1. The van der Waals surface area contributed by atoms with E-state index >= 15 is 0 Å². The molecule has 2 aromatic rings. The summed E-state index contributed by atoms with van der Waals surface area (Å²) in [5.74, 6) is 0.592. The van der Waals surface area contributed by atoms with Crippen molar-refractivity contribution in [3.63, 3.8) is 0 Å². The van der Waals surface area contributed by atoms with E-state index in [4.69, 9.17) is 4.74 Å². The number of rotatable bonds is 3. The highest BCUT2D eigenvalue weighted by Crippen LogP contribution is 2.28. The molecule has 1 N–H and O–H groups in total. The Morgan fingerprint density at radius 1 is 1.15 bits per heavy atom. The van der Waals surface area contributed by atoms with E-state index in [1.165, 1.54) is 0 Å². The lowest BCUT2D eigenvalue weighted by atomic mass is 10.1. The van der Waals surface area contributed by atoms with Crippen molar-refractivity contribution in [2.45, 2.75) is 13.8 Å². The summed E-state index contributed by atoms with van der Waals surface area (Å²) in [7, 11) is 1.60. The molecule has 0 aliphatic heterocycles. The van der Waals surface area contributed by atoms with Crippen molar-refractivity contribution in [2.75, 3.05) is 12.4 Å². The van der Waals surface area contributed by atoms with Crippen LogP contribution < -0.4 is 10.1 Å². The van der Waals surface area contributed by atoms with Crippen LogP contribution in [0.1, 0.15) is 21.5 Å². The molecule has 20 heavy (non-hydrogen) atoms. The van der Waals surface area contributed by atoms with Gasteiger partial charge in [0, 0.05) is 10.0 Å². The first-order valence-corrected chi connectivity index (χ1v) is 7.02. The van der Waals surface area contributed by atoms with Crippen LogP contribution in [0, 0.1) is 13.8 Å². The molecule has 0 fully saturated rings. The van der Waals surface area contributed by atoms with E-state index in [0.29, 0.717) is 5.56 Å². The highest BCUT2D eigenvalue weighted by atomic mass is 79.9. The Morgan fingerprint density at radius 3 is 2.35 bits per heavy atom.